The molecular weight excluding hydrogens is 408 g/mol. The first kappa shape index (κ1) is 29.0. The fourth-order valence-electron chi connectivity index (χ4n) is 3.35. The van der Waals surface area contributed by atoms with Crippen LogP contribution < -0.4 is 9.47 Å². The van der Waals surface area contributed by atoms with Crippen molar-refractivity contribution in [2.75, 3.05) is 7.11 Å². The van der Waals surface area contributed by atoms with Gasteiger partial charge in [0.2, 0.25) is 0 Å². The molecule has 3 nitrogen and oxygen atoms in total. The van der Waals surface area contributed by atoms with Crippen LogP contribution in [0.3, 0.4) is 0 Å². The molecule has 0 aliphatic heterocycles. The molecule has 2 aromatic carbocycles. The van der Waals surface area contributed by atoms with Gasteiger partial charge < -0.3 is 14.2 Å². The highest BCUT2D eigenvalue weighted by atomic mass is 16.8. The maximum atomic E-state index is 6.25. The van der Waals surface area contributed by atoms with E-state index in [0.29, 0.717) is 0 Å². The Bertz CT molecular complexity index is 877. The minimum atomic E-state index is -0.838. The van der Waals surface area contributed by atoms with E-state index >= 15 is 0 Å². The smallest absolute Gasteiger partial charge is 0.360 e. The molecule has 0 saturated heterocycles. The van der Waals surface area contributed by atoms with Gasteiger partial charge in [-0.2, -0.15) is 0 Å². The highest BCUT2D eigenvalue weighted by Gasteiger charge is 2.26. The van der Waals surface area contributed by atoms with Gasteiger partial charge in [0.1, 0.15) is 11.5 Å². The minimum Gasteiger partial charge on any atom is -0.432 e. The lowest BCUT2D eigenvalue weighted by Crippen LogP contribution is -2.29. The van der Waals surface area contributed by atoms with Crippen molar-refractivity contribution in [3.8, 4) is 11.5 Å². The van der Waals surface area contributed by atoms with Gasteiger partial charge >= 0.3 is 6.48 Å². The van der Waals surface area contributed by atoms with Crippen LogP contribution in [0.5, 0.6) is 11.5 Å². The van der Waals surface area contributed by atoms with Crippen LogP contribution in [0, 0.1) is 6.92 Å². The van der Waals surface area contributed by atoms with Crippen molar-refractivity contribution >= 4 is 0 Å². The van der Waals surface area contributed by atoms with E-state index in [9.17, 15) is 0 Å². The molecule has 0 aromatic heterocycles. The lowest BCUT2D eigenvalue weighted by Gasteiger charge is -2.29. The fourth-order valence-corrected chi connectivity index (χ4v) is 3.35. The van der Waals surface area contributed by atoms with E-state index in [4.69, 9.17) is 14.2 Å². The summed E-state index contributed by atoms with van der Waals surface area (Å²) in [6, 6.07) is 12.6. The van der Waals surface area contributed by atoms with Gasteiger partial charge in [-0.05, 0) is 40.9 Å². The summed E-state index contributed by atoms with van der Waals surface area (Å²) in [5.74, 6) is 1.57. The maximum absolute atomic E-state index is 6.25. The molecule has 0 fully saturated rings. The molecule has 0 spiro atoms. The quantitative estimate of drug-likeness (QED) is 0.421. The van der Waals surface area contributed by atoms with Crippen molar-refractivity contribution in [2.24, 2.45) is 0 Å². The first-order chi connectivity index (χ1) is 15.0. The third-order valence-corrected chi connectivity index (χ3v) is 5.24. The summed E-state index contributed by atoms with van der Waals surface area (Å²) in [6.07, 6.45) is 1.25. The number of ether oxygens (including phenoxy) is 3. The van der Waals surface area contributed by atoms with Crippen LogP contribution in [-0.2, 0) is 21.0 Å². The van der Waals surface area contributed by atoms with Gasteiger partial charge in [0.05, 0.1) is 0 Å². The molecule has 0 aliphatic rings. The zero-order valence-electron chi connectivity index (χ0n) is 23.5. The molecule has 0 aliphatic carbocycles. The van der Waals surface area contributed by atoms with Gasteiger partial charge in [0, 0.05) is 18.2 Å². The average molecular weight is 457 g/mol. The van der Waals surface area contributed by atoms with Crippen LogP contribution in [0.4, 0.5) is 0 Å². The van der Waals surface area contributed by atoms with Gasteiger partial charge in [0.15, 0.2) is 0 Å². The van der Waals surface area contributed by atoms with Crippen molar-refractivity contribution in [2.45, 2.75) is 112 Å². The van der Waals surface area contributed by atoms with E-state index in [1.165, 1.54) is 17.5 Å². The lowest BCUT2D eigenvalue weighted by molar-refractivity contribution is -0.183. The second-order valence-corrected chi connectivity index (χ2v) is 11.9. The number of rotatable bonds is 5. The average Bonchev–Trinajstić information content (AvgIpc) is 2.67. The Hall–Kier alpha value is -2.00. The molecule has 3 heteroatoms. The van der Waals surface area contributed by atoms with Gasteiger partial charge in [-0.1, -0.05) is 112 Å². The summed E-state index contributed by atoms with van der Waals surface area (Å²) in [7, 11) is 1.61. The third-order valence-electron chi connectivity index (χ3n) is 5.24. The monoisotopic (exact) mass is 456 g/mol. The molecule has 0 radical (unpaired) electrons. The van der Waals surface area contributed by atoms with Crippen molar-refractivity contribution in [3.63, 3.8) is 0 Å². The second kappa shape index (κ2) is 11.4. The summed E-state index contributed by atoms with van der Waals surface area (Å²) in [6.45, 7) is 25.3. The molecule has 0 bridgehead atoms. The van der Waals surface area contributed by atoms with E-state index < -0.39 is 6.48 Å². The van der Waals surface area contributed by atoms with Crippen LogP contribution in [0.25, 0.3) is 0 Å². The van der Waals surface area contributed by atoms with E-state index in [-0.39, 0.29) is 16.2 Å². The predicted octanol–water partition coefficient (Wildman–Crippen LogP) is 8.69. The van der Waals surface area contributed by atoms with Gasteiger partial charge in [-0.3, -0.25) is 0 Å². The Morgan fingerprint density at radius 3 is 1.48 bits per heavy atom. The largest absolute Gasteiger partial charge is 0.432 e. The van der Waals surface area contributed by atoms with E-state index in [2.05, 4.69) is 107 Å². The van der Waals surface area contributed by atoms with E-state index in [1.807, 2.05) is 12.1 Å². The number of hydrogen-bond donors (Lipinski definition) is 0. The maximum Gasteiger partial charge on any atom is 0.360 e. The molecule has 1 unspecified atom stereocenters. The van der Waals surface area contributed by atoms with Crippen molar-refractivity contribution in [1.29, 1.82) is 0 Å². The molecule has 2 aromatic rings. The van der Waals surface area contributed by atoms with Gasteiger partial charge in [0.25, 0.3) is 0 Å². The summed E-state index contributed by atoms with van der Waals surface area (Å²) < 4.78 is 18.0. The molecule has 2 rings (SSSR count). The zero-order valence-corrected chi connectivity index (χ0v) is 23.5. The van der Waals surface area contributed by atoms with Crippen molar-refractivity contribution in [1.82, 2.24) is 0 Å². The molecule has 0 heterocycles. The summed E-state index contributed by atoms with van der Waals surface area (Å²) >= 11 is 0. The number of methoxy groups -OCH3 is 1. The zero-order chi connectivity index (χ0) is 25.6. The minimum absolute atomic E-state index is 0.0510. The fraction of sp³-hybridized carbons (Fsp3) is 0.600. The molecule has 0 amide bonds. The van der Waals surface area contributed by atoms with Gasteiger partial charge in [-0.15, -0.1) is 0 Å². The Balaban J connectivity index is 0.00000172. The molecule has 186 valence electrons. The summed E-state index contributed by atoms with van der Waals surface area (Å²) in [4.78, 5) is 0. The molecule has 1 atom stereocenters. The van der Waals surface area contributed by atoms with Crippen LogP contribution in [-0.4, -0.2) is 13.6 Å². The number of hydrogen-bond acceptors (Lipinski definition) is 3. The van der Waals surface area contributed by atoms with E-state index in [0.717, 1.165) is 22.6 Å². The summed E-state index contributed by atoms with van der Waals surface area (Å²) in [5.41, 5.74) is 4.70. The highest BCUT2D eigenvalue weighted by Crippen LogP contribution is 2.37. The van der Waals surface area contributed by atoms with Crippen LogP contribution in [0.1, 0.15) is 105 Å². The third kappa shape index (κ3) is 8.70. The Kier molecular flexibility index (Phi) is 10.0. The summed E-state index contributed by atoms with van der Waals surface area (Å²) in [5, 5.41) is 0. The SMILES string of the molecule is CCC.COC(Oc1ccc(C)cc1C(C)(C)C)Oc1ccc(C(C)(C)C)cc1C(C)(C)C. The Labute approximate surface area is 203 Å². The standard InChI is InChI=1S/C27H40O3.C3H8/c1-18-12-14-22(20(16-18)26(5,6)7)29-24(28-11)30-23-15-13-19(25(2,3)4)17-21(23)27(8,9)10;1-3-2/h12-17,24H,1-11H3;3H2,1-2H3. The molecular formula is C30H48O3. The molecule has 33 heavy (non-hydrogen) atoms. The van der Waals surface area contributed by atoms with Gasteiger partial charge in [-0.25, -0.2) is 0 Å². The van der Waals surface area contributed by atoms with Crippen LogP contribution >= 0.6 is 0 Å². The van der Waals surface area contributed by atoms with Crippen LogP contribution in [0.15, 0.2) is 36.4 Å². The predicted molar refractivity (Wildman–Crippen MR) is 142 cm³/mol. The van der Waals surface area contributed by atoms with Crippen molar-refractivity contribution in [3.05, 3.63) is 58.7 Å². The first-order valence-corrected chi connectivity index (χ1v) is 12.2. The highest BCUT2D eigenvalue weighted by molar-refractivity contribution is 5.44. The topological polar surface area (TPSA) is 27.7 Å². The normalized spacial score (nSPS) is 13.1. The second-order valence-electron chi connectivity index (χ2n) is 11.9. The van der Waals surface area contributed by atoms with E-state index in [1.54, 1.807) is 7.11 Å². The Morgan fingerprint density at radius 2 is 1.09 bits per heavy atom. The van der Waals surface area contributed by atoms with Crippen LogP contribution in [0.2, 0.25) is 0 Å². The number of benzene rings is 2. The first-order valence-electron chi connectivity index (χ1n) is 12.2. The molecule has 0 saturated carbocycles. The number of aryl methyl sites for hydroxylation is 1. The Morgan fingerprint density at radius 1 is 0.667 bits per heavy atom. The lowest BCUT2D eigenvalue weighted by atomic mass is 9.80. The van der Waals surface area contributed by atoms with Crippen molar-refractivity contribution < 1.29 is 14.2 Å². The molecule has 0 N–H and O–H groups in total.